The summed E-state index contributed by atoms with van der Waals surface area (Å²) >= 11 is 0. The Hall–Kier alpha value is -1.90. The lowest BCUT2D eigenvalue weighted by Crippen LogP contribution is -2.24. The maximum atomic E-state index is 12.3. The van der Waals surface area contributed by atoms with Crippen LogP contribution in [0.15, 0.2) is 43.0 Å². The second-order valence-corrected chi connectivity index (χ2v) is 4.09. The summed E-state index contributed by atoms with van der Waals surface area (Å²) in [5.74, 6) is 0.208. The molecular weight excluding hydrogens is 200 g/mol. The van der Waals surface area contributed by atoms with Crippen molar-refractivity contribution < 1.29 is 4.79 Å². The predicted octanol–water partition coefficient (Wildman–Crippen LogP) is 2.25. The van der Waals surface area contributed by atoms with Crippen molar-refractivity contribution in [2.75, 3.05) is 0 Å². The Kier molecular flexibility index (Phi) is 2.10. The van der Waals surface area contributed by atoms with E-state index in [1.54, 1.807) is 12.5 Å². The highest BCUT2D eigenvalue weighted by Gasteiger charge is 2.27. The molecule has 16 heavy (non-hydrogen) atoms. The first kappa shape index (κ1) is 9.33. The van der Waals surface area contributed by atoms with Gasteiger partial charge in [0.25, 0.3) is 0 Å². The van der Waals surface area contributed by atoms with Crippen molar-refractivity contribution >= 4 is 5.78 Å². The summed E-state index contributed by atoms with van der Waals surface area (Å²) < 4.78 is 1.90. The Labute approximate surface area is 93.7 Å². The Bertz CT molecular complexity index is 516. The van der Waals surface area contributed by atoms with Gasteiger partial charge in [-0.1, -0.05) is 24.3 Å². The van der Waals surface area contributed by atoms with Crippen LogP contribution in [0.1, 0.15) is 28.4 Å². The Morgan fingerprint density at radius 2 is 2.19 bits per heavy atom. The first-order valence-corrected chi connectivity index (χ1v) is 5.46. The monoisotopic (exact) mass is 212 g/mol. The molecule has 0 N–H and O–H groups in total. The minimum Gasteiger partial charge on any atom is -0.327 e. The molecule has 1 aliphatic rings. The van der Waals surface area contributed by atoms with E-state index in [2.05, 4.69) is 4.98 Å². The molecule has 0 radical (unpaired) electrons. The number of aryl methyl sites for hydroxylation is 1. The number of carbonyl (C=O) groups is 1. The van der Waals surface area contributed by atoms with Gasteiger partial charge in [0.1, 0.15) is 0 Å². The van der Waals surface area contributed by atoms with Gasteiger partial charge >= 0.3 is 0 Å². The number of hydrogen-bond donors (Lipinski definition) is 0. The van der Waals surface area contributed by atoms with Crippen LogP contribution >= 0.6 is 0 Å². The van der Waals surface area contributed by atoms with E-state index in [9.17, 15) is 4.79 Å². The molecule has 0 saturated heterocycles. The zero-order valence-corrected chi connectivity index (χ0v) is 8.84. The number of aromatic nitrogens is 2. The van der Waals surface area contributed by atoms with E-state index in [0.717, 1.165) is 18.4 Å². The number of ketones is 1. The smallest absolute Gasteiger partial charge is 0.185 e. The number of fused-ring (bicyclic) bond motifs is 1. The molecule has 3 heteroatoms. The largest absolute Gasteiger partial charge is 0.327 e. The average Bonchev–Trinajstić information content (AvgIpc) is 2.83. The van der Waals surface area contributed by atoms with Crippen molar-refractivity contribution in [1.82, 2.24) is 9.55 Å². The maximum absolute atomic E-state index is 12.3. The number of Topliss-reactive ketones (excluding diaryl/α,β-unsaturated/α-hetero) is 1. The van der Waals surface area contributed by atoms with Gasteiger partial charge in [0.15, 0.2) is 5.78 Å². The first-order chi connectivity index (χ1) is 7.86. The van der Waals surface area contributed by atoms with E-state index in [-0.39, 0.29) is 11.8 Å². The van der Waals surface area contributed by atoms with Crippen LogP contribution in [0.2, 0.25) is 0 Å². The van der Waals surface area contributed by atoms with E-state index >= 15 is 0 Å². The van der Waals surface area contributed by atoms with Gasteiger partial charge in [0, 0.05) is 18.0 Å². The van der Waals surface area contributed by atoms with Crippen LogP contribution in [0.5, 0.6) is 0 Å². The SMILES string of the molecule is O=C1c2ccccc2CCC1n1ccnc1. The van der Waals surface area contributed by atoms with E-state index in [0.29, 0.717) is 0 Å². The lowest BCUT2D eigenvalue weighted by Gasteiger charge is -2.23. The van der Waals surface area contributed by atoms with Crippen LogP contribution in [0.25, 0.3) is 0 Å². The summed E-state index contributed by atoms with van der Waals surface area (Å²) in [7, 11) is 0. The summed E-state index contributed by atoms with van der Waals surface area (Å²) in [6.45, 7) is 0. The molecule has 0 amide bonds. The summed E-state index contributed by atoms with van der Waals surface area (Å²) in [4.78, 5) is 16.3. The third-order valence-corrected chi connectivity index (χ3v) is 3.16. The Morgan fingerprint density at radius 1 is 1.31 bits per heavy atom. The lowest BCUT2D eigenvalue weighted by atomic mass is 9.87. The van der Waals surface area contributed by atoms with Crippen molar-refractivity contribution in [3.8, 4) is 0 Å². The van der Waals surface area contributed by atoms with Crippen LogP contribution in [0.4, 0.5) is 0 Å². The normalized spacial score (nSPS) is 19.5. The fourth-order valence-corrected chi connectivity index (χ4v) is 2.32. The van der Waals surface area contributed by atoms with Crippen molar-refractivity contribution in [3.05, 3.63) is 54.1 Å². The molecular formula is C13H12N2O. The molecule has 0 bridgehead atoms. The standard InChI is InChI=1S/C13H12N2O/c16-13-11-4-2-1-3-10(11)5-6-12(13)15-8-7-14-9-15/h1-4,7-9,12H,5-6H2. The van der Waals surface area contributed by atoms with Crippen molar-refractivity contribution in [2.45, 2.75) is 18.9 Å². The van der Waals surface area contributed by atoms with Gasteiger partial charge in [-0.3, -0.25) is 4.79 Å². The zero-order valence-electron chi connectivity index (χ0n) is 8.84. The fraction of sp³-hybridized carbons (Fsp3) is 0.231. The van der Waals surface area contributed by atoms with E-state index < -0.39 is 0 Å². The summed E-state index contributed by atoms with van der Waals surface area (Å²) in [5, 5.41) is 0. The summed E-state index contributed by atoms with van der Waals surface area (Å²) in [5.41, 5.74) is 2.04. The average molecular weight is 212 g/mol. The van der Waals surface area contributed by atoms with Crippen LogP contribution in [0.3, 0.4) is 0 Å². The molecule has 0 aliphatic heterocycles. The van der Waals surface area contributed by atoms with E-state index in [1.165, 1.54) is 5.56 Å². The molecule has 0 saturated carbocycles. The summed E-state index contributed by atoms with van der Waals surface area (Å²) in [6, 6.07) is 7.80. The molecule has 1 aliphatic carbocycles. The number of benzene rings is 1. The molecule has 3 nitrogen and oxygen atoms in total. The molecule has 1 atom stereocenters. The third kappa shape index (κ3) is 1.36. The van der Waals surface area contributed by atoms with Gasteiger partial charge in [-0.05, 0) is 18.4 Å². The number of rotatable bonds is 1. The van der Waals surface area contributed by atoms with Gasteiger partial charge < -0.3 is 4.57 Å². The number of imidazole rings is 1. The lowest BCUT2D eigenvalue weighted by molar-refractivity contribution is 0.0908. The maximum Gasteiger partial charge on any atom is 0.185 e. The second-order valence-electron chi connectivity index (χ2n) is 4.09. The van der Waals surface area contributed by atoms with Crippen molar-refractivity contribution in [3.63, 3.8) is 0 Å². The molecule has 3 rings (SSSR count). The molecule has 0 fully saturated rings. The quantitative estimate of drug-likeness (QED) is 0.726. The van der Waals surface area contributed by atoms with E-state index in [1.807, 2.05) is 35.0 Å². The highest BCUT2D eigenvalue weighted by molar-refractivity contribution is 6.01. The molecule has 1 unspecified atom stereocenters. The topological polar surface area (TPSA) is 34.9 Å². The van der Waals surface area contributed by atoms with Crippen molar-refractivity contribution in [2.24, 2.45) is 0 Å². The molecule has 1 aromatic carbocycles. The van der Waals surface area contributed by atoms with Crippen LogP contribution in [-0.2, 0) is 6.42 Å². The van der Waals surface area contributed by atoms with Gasteiger partial charge in [-0.2, -0.15) is 0 Å². The molecule has 1 aromatic heterocycles. The predicted molar refractivity (Wildman–Crippen MR) is 60.4 cm³/mol. The minimum absolute atomic E-state index is 0.0719. The first-order valence-electron chi connectivity index (χ1n) is 5.46. The summed E-state index contributed by atoms with van der Waals surface area (Å²) in [6.07, 6.45) is 7.12. The highest BCUT2D eigenvalue weighted by Crippen LogP contribution is 2.28. The van der Waals surface area contributed by atoms with Gasteiger partial charge in [0.05, 0.1) is 12.4 Å². The Balaban J connectivity index is 2.01. The van der Waals surface area contributed by atoms with Crippen LogP contribution in [-0.4, -0.2) is 15.3 Å². The second kappa shape index (κ2) is 3.59. The molecule has 1 heterocycles. The fourth-order valence-electron chi connectivity index (χ4n) is 2.32. The van der Waals surface area contributed by atoms with Crippen LogP contribution < -0.4 is 0 Å². The number of carbonyl (C=O) groups excluding carboxylic acids is 1. The van der Waals surface area contributed by atoms with E-state index in [4.69, 9.17) is 0 Å². The number of hydrogen-bond acceptors (Lipinski definition) is 2. The van der Waals surface area contributed by atoms with Gasteiger partial charge in [0.2, 0.25) is 0 Å². The highest BCUT2D eigenvalue weighted by atomic mass is 16.1. The molecule has 80 valence electrons. The minimum atomic E-state index is -0.0719. The third-order valence-electron chi connectivity index (χ3n) is 3.16. The van der Waals surface area contributed by atoms with Crippen LogP contribution in [0, 0.1) is 0 Å². The Morgan fingerprint density at radius 3 is 3.00 bits per heavy atom. The molecule has 2 aromatic rings. The molecule has 0 spiro atoms. The van der Waals surface area contributed by atoms with Gasteiger partial charge in [-0.15, -0.1) is 0 Å². The number of nitrogens with zero attached hydrogens (tertiary/aromatic N) is 2. The zero-order chi connectivity index (χ0) is 11.0. The van der Waals surface area contributed by atoms with Gasteiger partial charge in [-0.25, -0.2) is 4.98 Å². The van der Waals surface area contributed by atoms with Crippen molar-refractivity contribution in [1.29, 1.82) is 0 Å².